The second-order valence-electron chi connectivity index (χ2n) is 2.95. The Balaban J connectivity index is 2.34. The van der Waals surface area contributed by atoms with Crippen LogP contribution < -0.4 is 5.73 Å². The van der Waals surface area contributed by atoms with Crippen LogP contribution >= 0.6 is 11.8 Å². The molecule has 3 nitrogen and oxygen atoms in total. The van der Waals surface area contributed by atoms with E-state index in [1.165, 1.54) is 10.6 Å². The molecule has 12 heavy (non-hydrogen) atoms. The molecule has 64 valence electrons. The van der Waals surface area contributed by atoms with Crippen molar-refractivity contribution in [2.24, 2.45) is 10.7 Å². The van der Waals surface area contributed by atoms with Gasteiger partial charge in [0.1, 0.15) is 0 Å². The summed E-state index contributed by atoms with van der Waals surface area (Å²) in [5.74, 6) is 0. The van der Waals surface area contributed by atoms with E-state index in [1.54, 1.807) is 18.0 Å². The first-order valence-corrected chi connectivity index (χ1v) is 4.65. The maximum atomic E-state index is 5.68. The summed E-state index contributed by atoms with van der Waals surface area (Å²) in [6, 6.07) is 0. The van der Waals surface area contributed by atoms with Gasteiger partial charge < -0.3 is 10.6 Å². The van der Waals surface area contributed by atoms with Crippen molar-refractivity contribution < 1.29 is 0 Å². The number of rotatable bonds is 0. The molecule has 0 aromatic rings. The minimum atomic E-state index is 0.787. The van der Waals surface area contributed by atoms with Gasteiger partial charge in [-0.1, -0.05) is 11.8 Å². The Morgan fingerprint density at radius 3 is 3.08 bits per heavy atom. The first-order chi connectivity index (χ1) is 5.68. The van der Waals surface area contributed by atoms with Gasteiger partial charge in [-0.2, -0.15) is 0 Å². The second-order valence-corrected chi connectivity index (χ2v) is 4.13. The van der Waals surface area contributed by atoms with Crippen molar-refractivity contribution >= 4 is 16.9 Å². The summed E-state index contributed by atoms with van der Waals surface area (Å²) >= 11 is 1.72. The van der Waals surface area contributed by atoms with Gasteiger partial charge in [-0.15, -0.1) is 0 Å². The van der Waals surface area contributed by atoms with Gasteiger partial charge >= 0.3 is 0 Å². The molecule has 0 unspecified atom stereocenters. The molecule has 0 fully saturated rings. The van der Waals surface area contributed by atoms with Crippen LogP contribution in [0.3, 0.4) is 0 Å². The van der Waals surface area contributed by atoms with Crippen LogP contribution in [0.25, 0.3) is 0 Å². The molecule has 4 heteroatoms. The molecule has 2 aliphatic heterocycles. The van der Waals surface area contributed by atoms with Gasteiger partial charge in [0.2, 0.25) is 0 Å². The van der Waals surface area contributed by atoms with E-state index >= 15 is 0 Å². The molecule has 2 rings (SSSR count). The largest absolute Gasteiger partial charge is 0.399 e. The highest BCUT2D eigenvalue weighted by atomic mass is 32.2. The Bertz CT molecular complexity index is 314. The third-order valence-corrected chi connectivity index (χ3v) is 3.18. The molecule has 0 amide bonds. The van der Waals surface area contributed by atoms with Crippen LogP contribution in [-0.4, -0.2) is 16.6 Å². The van der Waals surface area contributed by atoms with Crippen molar-refractivity contribution in [3.8, 4) is 0 Å². The summed E-state index contributed by atoms with van der Waals surface area (Å²) in [5.41, 5.74) is 7.78. The van der Waals surface area contributed by atoms with E-state index in [9.17, 15) is 0 Å². The number of hydrogen-bond donors (Lipinski definition) is 1. The van der Waals surface area contributed by atoms with Crippen LogP contribution in [0.5, 0.6) is 0 Å². The van der Waals surface area contributed by atoms with E-state index in [2.05, 4.69) is 23.7 Å². The molecule has 2 heterocycles. The summed E-state index contributed by atoms with van der Waals surface area (Å²) in [5, 5.41) is 1.05. The lowest BCUT2D eigenvalue weighted by molar-refractivity contribution is 0.557. The van der Waals surface area contributed by atoms with Gasteiger partial charge in [0.15, 0.2) is 5.17 Å². The highest BCUT2D eigenvalue weighted by Crippen LogP contribution is 2.34. The molecular formula is C8H11N3S. The highest BCUT2D eigenvalue weighted by Gasteiger charge is 2.25. The first-order valence-electron chi connectivity index (χ1n) is 3.83. The van der Waals surface area contributed by atoms with E-state index in [-0.39, 0.29) is 0 Å². The Morgan fingerprint density at radius 1 is 1.58 bits per heavy atom. The van der Waals surface area contributed by atoms with Crippen LogP contribution in [0.1, 0.15) is 13.8 Å². The average molecular weight is 181 g/mol. The van der Waals surface area contributed by atoms with Crippen molar-refractivity contribution in [2.45, 2.75) is 13.8 Å². The molecule has 0 saturated carbocycles. The number of aliphatic imine (C=N–C) groups is 1. The Morgan fingerprint density at radius 2 is 2.33 bits per heavy atom. The van der Waals surface area contributed by atoms with E-state index in [1.807, 2.05) is 0 Å². The zero-order chi connectivity index (χ0) is 8.72. The van der Waals surface area contributed by atoms with E-state index < -0.39 is 0 Å². The normalized spacial score (nSPS) is 22.3. The van der Waals surface area contributed by atoms with Gasteiger partial charge in [0.25, 0.3) is 0 Å². The molecule has 0 radical (unpaired) electrons. The number of hydrogen-bond acceptors (Lipinski definition) is 4. The lowest BCUT2D eigenvalue weighted by Gasteiger charge is -2.22. The third-order valence-electron chi connectivity index (χ3n) is 2.07. The number of allylic oxidation sites excluding steroid dienone is 2. The van der Waals surface area contributed by atoms with Crippen LogP contribution in [0.2, 0.25) is 0 Å². The molecule has 2 aliphatic rings. The van der Waals surface area contributed by atoms with Crippen LogP contribution in [-0.2, 0) is 0 Å². The fraction of sp³-hybridized carbons (Fsp3) is 0.375. The quantitative estimate of drug-likeness (QED) is 0.615. The summed E-state index contributed by atoms with van der Waals surface area (Å²) < 4.78 is 0. The summed E-state index contributed by atoms with van der Waals surface area (Å²) in [6.07, 6.45) is 1.74. The molecule has 0 spiro atoms. The van der Waals surface area contributed by atoms with Crippen LogP contribution in [0, 0.1) is 0 Å². The Hall–Kier alpha value is -0.900. The molecule has 0 bridgehead atoms. The lowest BCUT2D eigenvalue weighted by atomic mass is 10.3. The minimum absolute atomic E-state index is 0.787. The molecule has 0 aromatic carbocycles. The zero-order valence-electron chi connectivity index (χ0n) is 7.16. The smallest absolute Gasteiger partial charge is 0.173 e. The maximum absolute atomic E-state index is 5.68. The molecule has 0 atom stereocenters. The fourth-order valence-electron chi connectivity index (χ4n) is 1.24. The molecular weight excluding hydrogens is 170 g/mol. The summed E-state index contributed by atoms with van der Waals surface area (Å²) in [4.78, 5) is 7.71. The standard InChI is InChI=1S/C8H11N3S/c1-5-6(2)12-8-10-3-7(9)4-11(5)8/h3H,4,9H2,1-2H3. The topological polar surface area (TPSA) is 41.6 Å². The molecule has 2 N–H and O–H groups in total. The van der Waals surface area contributed by atoms with E-state index in [4.69, 9.17) is 5.73 Å². The average Bonchev–Trinajstić information content (AvgIpc) is 2.31. The van der Waals surface area contributed by atoms with Gasteiger partial charge in [0, 0.05) is 16.3 Å². The predicted molar refractivity (Wildman–Crippen MR) is 52.4 cm³/mol. The second kappa shape index (κ2) is 2.55. The van der Waals surface area contributed by atoms with Crippen LogP contribution in [0.4, 0.5) is 0 Å². The van der Waals surface area contributed by atoms with Crippen molar-refractivity contribution in [3.63, 3.8) is 0 Å². The minimum Gasteiger partial charge on any atom is -0.399 e. The summed E-state index contributed by atoms with van der Waals surface area (Å²) in [6.45, 7) is 5.00. The molecule has 0 aromatic heterocycles. The number of amidine groups is 1. The van der Waals surface area contributed by atoms with Gasteiger partial charge in [-0.25, -0.2) is 4.99 Å². The van der Waals surface area contributed by atoms with E-state index in [0.717, 1.165) is 17.4 Å². The first kappa shape index (κ1) is 7.73. The fourth-order valence-corrected chi connectivity index (χ4v) is 2.19. The van der Waals surface area contributed by atoms with Crippen LogP contribution in [0.15, 0.2) is 27.5 Å². The predicted octanol–water partition coefficient (Wildman–Crippen LogP) is 1.46. The van der Waals surface area contributed by atoms with Gasteiger partial charge in [-0.05, 0) is 13.8 Å². The lowest BCUT2D eigenvalue weighted by Crippen LogP contribution is -2.30. The van der Waals surface area contributed by atoms with Crippen molar-refractivity contribution in [2.75, 3.05) is 6.54 Å². The third kappa shape index (κ3) is 1.03. The number of nitrogens with zero attached hydrogens (tertiary/aromatic N) is 2. The SMILES string of the molecule is CC1=C(C)N2CC(N)=CN=C2S1. The van der Waals surface area contributed by atoms with Crippen molar-refractivity contribution in [1.29, 1.82) is 0 Å². The number of fused-ring (bicyclic) bond motifs is 1. The maximum Gasteiger partial charge on any atom is 0.173 e. The molecule has 0 aliphatic carbocycles. The highest BCUT2D eigenvalue weighted by molar-refractivity contribution is 8.17. The van der Waals surface area contributed by atoms with E-state index in [0.29, 0.717) is 0 Å². The Labute approximate surface area is 76.0 Å². The Kier molecular flexibility index (Phi) is 1.65. The number of nitrogens with two attached hydrogens (primary N) is 1. The summed E-state index contributed by atoms with van der Waals surface area (Å²) in [7, 11) is 0. The molecule has 0 saturated heterocycles. The van der Waals surface area contributed by atoms with Gasteiger partial charge in [0.05, 0.1) is 12.7 Å². The zero-order valence-corrected chi connectivity index (χ0v) is 7.98. The number of thioether (sulfide) groups is 1. The monoisotopic (exact) mass is 181 g/mol. The van der Waals surface area contributed by atoms with Gasteiger partial charge in [-0.3, -0.25) is 0 Å². The van der Waals surface area contributed by atoms with Crippen molar-refractivity contribution in [1.82, 2.24) is 4.90 Å². The van der Waals surface area contributed by atoms with Crippen molar-refractivity contribution in [3.05, 3.63) is 22.5 Å².